The average Bonchev–Trinajstić information content (AvgIpc) is 3.39. The molecule has 1 saturated heterocycles. The smallest absolute Gasteiger partial charge is 0.174 e. The van der Waals surface area contributed by atoms with Gasteiger partial charge in [0.2, 0.25) is 0 Å². The Morgan fingerprint density at radius 1 is 0.829 bits per heavy atom. The first-order chi connectivity index (χ1) is 17.1. The summed E-state index contributed by atoms with van der Waals surface area (Å²) in [6.45, 7) is 4.39. The number of anilines is 1. The second kappa shape index (κ2) is 8.67. The van der Waals surface area contributed by atoms with Gasteiger partial charge in [0, 0.05) is 28.7 Å². The zero-order valence-corrected chi connectivity index (χ0v) is 20.5. The van der Waals surface area contributed by atoms with Crippen LogP contribution in [0.3, 0.4) is 0 Å². The number of rotatable bonds is 4. The fourth-order valence-electron chi connectivity index (χ4n) is 5.40. The van der Waals surface area contributed by atoms with E-state index in [1.807, 2.05) is 24.4 Å². The van der Waals surface area contributed by atoms with Gasteiger partial charge in [-0.1, -0.05) is 60.7 Å². The molecule has 3 heterocycles. The van der Waals surface area contributed by atoms with Crippen molar-refractivity contribution >= 4 is 33.8 Å². The largest absolute Gasteiger partial charge is 0.351 e. The molecule has 2 aromatic heterocycles. The average molecular weight is 475 g/mol. The molecule has 1 fully saturated rings. The van der Waals surface area contributed by atoms with Crippen LogP contribution in [0.25, 0.3) is 16.5 Å². The summed E-state index contributed by atoms with van der Waals surface area (Å²) in [7, 11) is 0. The highest BCUT2D eigenvalue weighted by Crippen LogP contribution is 2.44. The molecule has 4 nitrogen and oxygen atoms in total. The fourth-order valence-corrected chi connectivity index (χ4v) is 5.74. The van der Waals surface area contributed by atoms with Gasteiger partial charge in [-0.2, -0.15) is 0 Å². The van der Waals surface area contributed by atoms with Crippen molar-refractivity contribution in [1.82, 2.24) is 14.9 Å². The maximum Gasteiger partial charge on any atom is 0.174 e. The second-order valence-electron chi connectivity index (χ2n) is 8.99. The lowest BCUT2D eigenvalue weighted by atomic mass is 9.96. The number of thiocarbonyl (C=S) groups is 1. The third-order valence-electron chi connectivity index (χ3n) is 6.93. The summed E-state index contributed by atoms with van der Waals surface area (Å²) >= 11 is 5.90. The summed E-state index contributed by atoms with van der Waals surface area (Å²) < 4.78 is 2.37. The molecule has 0 aliphatic carbocycles. The fraction of sp³-hybridized carbons (Fsp3) is 0.133. The van der Waals surface area contributed by atoms with Crippen molar-refractivity contribution in [2.24, 2.45) is 0 Å². The Morgan fingerprint density at radius 2 is 1.57 bits per heavy atom. The zero-order chi connectivity index (χ0) is 23.9. The first-order valence-electron chi connectivity index (χ1n) is 11.9. The summed E-state index contributed by atoms with van der Waals surface area (Å²) in [6.07, 6.45) is 1.85. The van der Waals surface area contributed by atoms with E-state index in [0.717, 1.165) is 11.4 Å². The monoisotopic (exact) mass is 474 g/mol. The van der Waals surface area contributed by atoms with Gasteiger partial charge >= 0.3 is 0 Å². The molecule has 1 aliphatic rings. The number of hydrogen-bond donors (Lipinski definition) is 1. The summed E-state index contributed by atoms with van der Waals surface area (Å²) in [4.78, 5) is 6.94. The van der Waals surface area contributed by atoms with Crippen LogP contribution >= 0.6 is 12.2 Å². The number of para-hydroxylation sites is 1. The number of nitrogens with one attached hydrogen (secondary N) is 1. The minimum Gasteiger partial charge on any atom is -0.351 e. The van der Waals surface area contributed by atoms with Crippen LogP contribution < -0.4 is 10.2 Å². The number of aryl methyl sites for hydroxylation is 1. The molecule has 35 heavy (non-hydrogen) atoms. The van der Waals surface area contributed by atoms with Crippen molar-refractivity contribution in [3.63, 3.8) is 0 Å². The summed E-state index contributed by atoms with van der Waals surface area (Å²) in [5, 5.41) is 6.77. The standard InChI is InChI=1S/C30H26N4S/c1-20-19-25(21(2)33(20)27-17-10-12-22-11-6-7-15-24(22)27)29-28(26-16-8-9-18-31-26)32-30(35)34(29)23-13-4-3-5-14-23/h3-19,28-29H,1-2H3,(H,32,35)/t28-,29+/m0/s1. The Kier molecular flexibility index (Phi) is 5.34. The molecule has 2 atom stereocenters. The van der Waals surface area contributed by atoms with Crippen molar-refractivity contribution in [3.05, 3.63) is 126 Å². The maximum absolute atomic E-state index is 5.90. The van der Waals surface area contributed by atoms with Crippen LogP contribution in [0.1, 0.15) is 34.7 Å². The summed E-state index contributed by atoms with van der Waals surface area (Å²) in [6, 6.07) is 33.7. The SMILES string of the molecule is Cc1cc([C@@H]2[C@H](c3ccccn3)NC(=S)N2c2ccccc2)c(C)n1-c1cccc2ccccc12. The molecule has 6 rings (SSSR count). The van der Waals surface area contributed by atoms with Gasteiger partial charge in [-0.15, -0.1) is 0 Å². The maximum atomic E-state index is 5.90. The van der Waals surface area contributed by atoms with Crippen molar-refractivity contribution in [2.45, 2.75) is 25.9 Å². The lowest BCUT2D eigenvalue weighted by Gasteiger charge is -2.28. The quantitative estimate of drug-likeness (QED) is 0.290. The number of pyridine rings is 1. The van der Waals surface area contributed by atoms with Gasteiger partial charge in [0.1, 0.15) is 0 Å². The highest BCUT2D eigenvalue weighted by molar-refractivity contribution is 7.80. The van der Waals surface area contributed by atoms with Gasteiger partial charge in [-0.05, 0) is 73.4 Å². The van der Waals surface area contributed by atoms with Crippen LogP contribution in [0.4, 0.5) is 5.69 Å². The molecule has 0 unspecified atom stereocenters. The van der Waals surface area contributed by atoms with E-state index in [4.69, 9.17) is 17.2 Å². The van der Waals surface area contributed by atoms with Gasteiger partial charge in [0.05, 0.1) is 23.5 Å². The second-order valence-corrected chi connectivity index (χ2v) is 9.38. The molecule has 0 spiro atoms. The first kappa shape index (κ1) is 21.6. The molecule has 5 heteroatoms. The van der Waals surface area contributed by atoms with E-state index in [-0.39, 0.29) is 12.1 Å². The Balaban J connectivity index is 1.55. The van der Waals surface area contributed by atoms with Gasteiger partial charge in [0.25, 0.3) is 0 Å². The molecule has 172 valence electrons. The van der Waals surface area contributed by atoms with Gasteiger partial charge in [-0.25, -0.2) is 0 Å². The number of aromatic nitrogens is 2. The summed E-state index contributed by atoms with van der Waals surface area (Å²) in [5.41, 5.74) is 6.88. The number of fused-ring (bicyclic) bond motifs is 1. The zero-order valence-electron chi connectivity index (χ0n) is 19.7. The lowest BCUT2D eigenvalue weighted by Crippen LogP contribution is -2.29. The van der Waals surface area contributed by atoms with Crippen LogP contribution in [0.2, 0.25) is 0 Å². The molecule has 0 radical (unpaired) electrons. The van der Waals surface area contributed by atoms with Crippen LogP contribution in [-0.4, -0.2) is 14.7 Å². The molecule has 1 aliphatic heterocycles. The van der Waals surface area contributed by atoms with E-state index < -0.39 is 0 Å². The molecule has 5 aromatic rings. The van der Waals surface area contributed by atoms with Crippen molar-refractivity contribution < 1.29 is 0 Å². The molecular weight excluding hydrogens is 448 g/mol. The Morgan fingerprint density at radius 3 is 2.37 bits per heavy atom. The van der Waals surface area contributed by atoms with Crippen LogP contribution in [0.15, 0.2) is 103 Å². The topological polar surface area (TPSA) is 33.1 Å². The van der Waals surface area contributed by atoms with E-state index in [1.54, 1.807) is 0 Å². The highest BCUT2D eigenvalue weighted by atomic mass is 32.1. The number of hydrogen-bond acceptors (Lipinski definition) is 2. The first-order valence-corrected chi connectivity index (χ1v) is 12.3. The third kappa shape index (κ3) is 3.60. The minimum atomic E-state index is -0.0645. The van der Waals surface area contributed by atoms with Crippen LogP contribution in [-0.2, 0) is 0 Å². The van der Waals surface area contributed by atoms with E-state index in [1.165, 1.54) is 33.4 Å². The van der Waals surface area contributed by atoms with E-state index in [0.29, 0.717) is 5.11 Å². The van der Waals surface area contributed by atoms with Crippen LogP contribution in [0, 0.1) is 13.8 Å². The van der Waals surface area contributed by atoms with E-state index >= 15 is 0 Å². The normalized spacial score (nSPS) is 17.7. The Hall–Kier alpha value is -3.96. The number of benzene rings is 3. The predicted molar refractivity (Wildman–Crippen MR) is 147 cm³/mol. The Bertz CT molecular complexity index is 1520. The van der Waals surface area contributed by atoms with Gasteiger partial charge < -0.3 is 14.8 Å². The van der Waals surface area contributed by atoms with Gasteiger partial charge in [-0.3, -0.25) is 4.98 Å². The number of nitrogens with zero attached hydrogens (tertiary/aromatic N) is 3. The molecule has 0 amide bonds. The third-order valence-corrected chi connectivity index (χ3v) is 7.24. The van der Waals surface area contributed by atoms with Crippen molar-refractivity contribution in [2.75, 3.05) is 4.90 Å². The van der Waals surface area contributed by atoms with E-state index in [9.17, 15) is 0 Å². The highest BCUT2D eigenvalue weighted by Gasteiger charge is 2.42. The van der Waals surface area contributed by atoms with Crippen LogP contribution in [0.5, 0.6) is 0 Å². The molecule has 0 bridgehead atoms. The Labute approximate surface area is 210 Å². The minimum absolute atomic E-state index is 0.0327. The lowest BCUT2D eigenvalue weighted by molar-refractivity contribution is 0.565. The van der Waals surface area contributed by atoms with E-state index in [2.05, 4.69) is 107 Å². The van der Waals surface area contributed by atoms with Crippen molar-refractivity contribution in [3.8, 4) is 5.69 Å². The molecule has 1 N–H and O–H groups in total. The molecule has 3 aromatic carbocycles. The van der Waals surface area contributed by atoms with Gasteiger partial charge in [0.15, 0.2) is 5.11 Å². The molecule has 0 saturated carbocycles. The van der Waals surface area contributed by atoms with Crippen molar-refractivity contribution in [1.29, 1.82) is 0 Å². The predicted octanol–water partition coefficient (Wildman–Crippen LogP) is 6.82. The summed E-state index contributed by atoms with van der Waals surface area (Å²) in [5.74, 6) is 0. The molecular formula is C30H26N4S.